The average Bonchev–Trinajstić information content (AvgIpc) is 2.66. The molecule has 0 aromatic heterocycles. The van der Waals surface area contributed by atoms with Crippen LogP contribution < -0.4 is 20.1 Å². The molecule has 2 rings (SSSR count). The summed E-state index contributed by atoms with van der Waals surface area (Å²) in [6.07, 6.45) is -1.16. The minimum absolute atomic E-state index is 0.150. The summed E-state index contributed by atoms with van der Waals surface area (Å²) >= 11 is 0. The number of aliphatic hydroxyl groups is 1. The first kappa shape index (κ1) is 19.5. The third-order valence-electron chi connectivity index (χ3n) is 3.69. The molecule has 2 aromatic carbocycles. The number of halogens is 2. The van der Waals surface area contributed by atoms with Crippen LogP contribution in [0.15, 0.2) is 36.4 Å². The Bertz CT molecular complexity index is 771. The fraction of sp³-hybridized carbons (Fsp3) is 0.278. The first-order valence-corrected chi connectivity index (χ1v) is 7.80. The van der Waals surface area contributed by atoms with E-state index in [9.17, 15) is 18.7 Å². The van der Waals surface area contributed by atoms with Gasteiger partial charge in [-0.15, -0.1) is 0 Å². The highest BCUT2D eigenvalue weighted by atomic mass is 19.2. The second-order valence-corrected chi connectivity index (χ2v) is 5.44. The molecule has 0 spiro atoms. The largest absolute Gasteiger partial charge is 0.493 e. The van der Waals surface area contributed by atoms with E-state index in [1.807, 2.05) is 0 Å². The van der Waals surface area contributed by atoms with E-state index >= 15 is 0 Å². The van der Waals surface area contributed by atoms with Crippen molar-refractivity contribution < 1.29 is 28.2 Å². The molecule has 0 saturated heterocycles. The Morgan fingerprint density at radius 3 is 2.42 bits per heavy atom. The summed E-state index contributed by atoms with van der Waals surface area (Å²) in [5.74, 6) is -0.933. The Balaban J connectivity index is 1.84. The molecule has 8 heteroatoms. The molecule has 0 aliphatic carbocycles. The smallest absolute Gasteiger partial charge is 0.315 e. The maximum Gasteiger partial charge on any atom is 0.315 e. The van der Waals surface area contributed by atoms with Crippen LogP contribution in [0.2, 0.25) is 0 Å². The van der Waals surface area contributed by atoms with Crippen molar-refractivity contribution in [2.24, 2.45) is 0 Å². The van der Waals surface area contributed by atoms with Gasteiger partial charge in [0, 0.05) is 13.1 Å². The van der Waals surface area contributed by atoms with Crippen LogP contribution in [0.3, 0.4) is 0 Å². The lowest BCUT2D eigenvalue weighted by molar-refractivity contribution is 0.172. The van der Waals surface area contributed by atoms with Gasteiger partial charge in [0.05, 0.1) is 20.3 Å². The van der Waals surface area contributed by atoms with E-state index in [4.69, 9.17) is 9.47 Å². The Morgan fingerprint density at radius 1 is 1.04 bits per heavy atom. The molecular weight excluding hydrogens is 346 g/mol. The summed E-state index contributed by atoms with van der Waals surface area (Å²) < 4.78 is 36.4. The van der Waals surface area contributed by atoms with Crippen molar-refractivity contribution in [1.82, 2.24) is 10.6 Å². The number of hydrogen-bond donors (Lipinski definition) is 3. The number of rotatable bonds is 7. The highest BCUT2D eigenvalue weighted by Crippen LogP contribution is 2.27. The standard InChI is InChI=1S/C18H20F2N2O4/c1-25-16-6-3-11(7-17(16)26-2)9-21-18(24)22-10-15(23)12-4-5-13(19)14(20)8-12/h3-8,15,23H,9-10H2,1-2H3,(H2,21,22,24). The maximum absolute atomic E-state index is 13.2. The van der Waals surface area contributed by atoms with Crippen LogP contribution in [0, 0.1) is 11.6 Å². The van der Waals surface area contributed by atoms with Crippen molar-refractivity contribution in [1.29, 1.82) is 0 Å². The molecule has 1 atom stereocenters. The second kappa shape index (κ2) is 9.00. The van der Waals surface area contributed by atoms with Gasteiger partial charge in [0.1, 0.15) is 0 Å². The topological polar surface area (TPSA) is 79.8 Å². The van der Waals surface area contributed by atoms with E-state index in [0.29, 0.717) is 11.5 Å². The Hall–Kier alpha value is -2.87. The molecule has 0 bridgehead atoms. The summed E-state index contributed by atoms with van der Waals surface area (Å²) in [5.41, 5.74) is 0.961. The monoisotopic (exact) mass is 366 g/mol. The first-order chi connectivity index (χ1) is 12.4. The minimum Gasteiger partial charge on any atom is -0.493 e. The van der Waals surface area contributed by atoms with Gasteiger partial charge in [0.15, 0.2) is 23.1 Å². The fourth-order valence-corrected chi connectivity index (χ4v) is 2.26. The normalized spacial score (nSPS) is 11.6. The molecule has 0 heterocycles. The van der Waals surface area contributed by atoms with E-state index in [0.717, 1.165) is 17.7 Å². The Labute approximate surface area is 149 Å². The van der Waals surface area contributed by atoms with Gasteiger partial charge in [-0.3, -0.25) is 0 Å². The van der Waals surface area contributed by atoms with Crippen LogP contribution in [0.4, 0.5) is 13.6 Å². The van der Waals surface area contributed by atoms with Gasteiger partial charge in [-0.05, 0) is 35.4 Å². The van der Waals surface area contributed by atoms with Crippen molar-refractivity contribution in [2.45, 2.75) is 12.6 Å². The van der Waals surface area contributed by atoms with Crippen LogP contribution in [0.5, 0.6) is 11.5 Å². The number of hydrogen-bond acceptors (Lipinski definition) is 4. The van der Waals surface area contributed by atoms with Gasteiger partial charge in [-0.2, -0.15) is 0 Å². The van der Waals surface area contributed by atoms with Crippen molar-refractivity contribution in [3.05, 3.63) is 59.2 Å². The zero-order valence-electron chi connectivity index (χ0n) is 14.4. The van der Waals surface area contributed by atoms with Crippen molar-refractivity contribution in [2.75, 3.05) is 20.8 Å². The average molecular weight is 366 g/mol. The van der Waals surface area contributed by atoms with Crippen LogP contribution in [0.1, 0.15) is 17.2 Å². The molecule has 0 radical (unpaired) electrons. The quantitative estimate of drug-likeness (QED) is 0.704. The fourth-order valence-electron chi connectivity index (χ4n) is 2.26. The van der Waals surface area contributed by atoms with Gasteiger partial charge in [-0.1, -0.05) is 12.1 Å². The number of carbonyl (C=O) groups excluding carboxylic acids is 1. The van der Waals surface area contributed by atoms with E-state index in [-0.39, 0.29) is 18.7 Å². The molecular formula is C18H20F2N2O4. The molecule has 26 heavy (non-hydrogen) atoms. The third-order valence-corrected chi connectivity index (χ3v) is 3.69. The molecule has 0 saturated carbocycles. The summed E-state index contributed by atoms with van der Waals surface area (Å²) in [7, 11) is 3.04. The predicted molar refractivity (Wildman–Crippen MR) is 91.1 cm³/mol. The number of ether oxygens (including phenoxy) is 2. The molecule has 3 N–H and O–H groups in total. The lowest BCUT2D eigenvalue weighted by Gasteiger charge is -2.14. The highest BCUT2D eigenvalue weighted by Gasteiger charge is 2.12. The van der Waals surface area contributed by atoms with Crippen LogP contribution in [-0.4, -0.2) is 31.9 Å². The number of amides is 2. The number of methoxy groups -OCH3 is 2. The number of nitrogens with one attached hydrogen (secondary N) is 2. The van der Waals surface area contributed by atoms with Crippen molar-refractivity contribution >= 4 is 6.03 Å². The molecule has 0 aliphatic heterocycles. The SMILES string of the molecule is COc1ccc(CNC(=O)NCC(O)c2ccc(F)c(F)c2)cc1OC. The van der Waals surface area contributed by atoms with E-state index in [1.54, 1.807) is 18.2 Å². The maximum atomic E-state index is 13.2. The van der Waals surface area contributed by atoms with Crippen LogP contribution in [0.25, 0.3) is 0 Å². The number of carbonyl (C=O) groups is 1. The lowest BCUT2D eigenvalue weighted by atomic mass is 10.1. The summed E-state index contributed by atoms with van der Waals surface area (Å²) in [6.45, 7) is 0.0797. The first-order valence-electron chi connectivity index (χ1n) is 7.80. The summed E-state index contributed by atoms with van der Waals surface area (Å²) in [4.78, 5) is 11.8. The van der Waals surface area contributed by atoms with E-state index < -0.39 is 23.8 Å². The molecule has 6 nitrogen and oxygen atoms in total. The van der Waals surface area contributed by atoms with Gasteiger partial charge in [0.2, 0.25) is 0 Å². The Kier molecular flexibility index (Phi) is 6.74. The number of urea groups is 1. The van der Waals surface area contributed by atoms with Gasteiger partial charge < -0.3 is 25.2 Å². The van der Waals surface area contributed by atoms with Gasteiger partial charge in [-0.25, -0.2) is 13.6 Å². The molecule has 140 valence electrons. The summed E-state index contributed by atoms with van der Waals surface area (Å²) in [5, 5.41) is 15.0. The minimum atomic E-state index is -1.16. The molecule has 1 unspecified atom stereocenters. The summed E-state index contributed by atoms with van der Waals surface area (Å²) in [6, 6.07) is 7.79. The second-order valence-electron chi connectivity index (χ2n) is 5.44. The highest BCUT2D eigenvalue weighted by molar-refractivity contribution is 5.73. The van der Waals surface area contributed by atoms with Crippen LogP contribution >= 0.6 is 0 Å². The van der Waals surface area contributed by atoms with Gasteiger partial charge >= 0.3 is 6.03 Å². The zero-order valence-corrected chi connectivity index (χ0v) is 14.4. The van der Waals surface area contributed by atoms with E-state index in [1.165, 1.54) is 20.3 Å². The van der Waals surface area contributed by atoms with E-state index in [2.05, 4.69) is 10.6 Å². The van der Waals surface area contributed by atoms with Gasteiger partial charge in [0.25, 0.3) is 0 Å². The number of aliphatic hydroxyl groups excluding tert-OH is 1. The zero-order chi connectivity index (χ0) is 19.1. The molecule has 2 aromatic rings. The lowest BCUT2D eigenvalue weighted by Crippen LogP contribution is -2.37. The van der Waals surface area contributed by atoms with Crippen molar-refractivity contribution in [3.63, 3.8) is 0 Å². The molecule has 2 amide bonds. The molecule has 0 fully saturated rings. The van der Waals surface area contributed by atoms with Crippen molar-refractivity contribution in [3.8, 4) is 11.5 Å². The Morgan fingerprint density at radius 2 is 1.77 bits per heavy atom. The predicted octanol–water partition coefficient (Wildman–Crippen LogP) is 2.51. The van der Waals surface area contributed by atoms with Crippen LogP contribution in [-0.2, 0) is 6.54 Å². The third kappa shape index (κ3) is 5.06. The number of benzene rings is 2. The molecule has 0 aliphatic rings.